The smallest absolute Gasteiger partial charge is 0.320 e. The van der Waals surface area contributed by atoms with Gasteiger partial charge in [0.1, 0.15) is 0 Å². The van der Waals surface area contributed by atoms with Crippen LogP contribution in [0.15, 0.2) is 0 Å². The third-order valence-electron chi connectivity index (χ3n) is 3.42. The van der Waals surface area contributed by atoms with Gasteiger partial charge in [0.25, 0.3) is 0 Å². The highest BCUT2D eigenvalue weighted by molar-refractivity contribution is 5.75. The summed E-state index contributed by atoms with van der Waals surface area (Å²) >= 11 is 0. The molecule has 1 fully saturated rings. The second kappa shape index (κ2) is 7.33. The van der Waals surface area contributed by atoms with E-state index >= 15 is 0 Å². The van der Waals surface area contributed by atoms with E-state index in [9.17, 15) is 9.59 Å². The van der Waals surface area contributed by atoms with Crippen LogP contribution >= 0.6 is 0 Å². The lowest BCUT2D eigenvalue weighted by Gasteiger charge is -2.32. The minimum atomic E-state index is -0.888. The number of urea groups is 1. The van der Waals surface area contributed by atoms with Gasteiger partial charge in [-0.1, -0.05) is 0 Å². The normalized spacial score (nSPS) is 20.1. The van der Waals surface area contributed by atoms with E-state index in [1.807, 2.05) is 6.92 Å². The number of carbonyl (C=O) groups is 2. The average molecular weight is 272 g/mol. The van der Waals surface area contributed by atoms with Gasteiger partial charge in [0.15, 0.2) is 0 Å². The maximum Gasteiger partial charge on any atom is 0.320 e. The van der Waals surface area contributed by atoms with Gasteiger partial charge in [-0.3, -0.25) is 4.79 Å². The van der Waals surface area contributed by atoms with Gasteiger partial charge in [0.05, 0.1) is 12.5 Å². The Labute approximate surface area is 114 Å². The van der Waals surface area contributed by atoms with Gasteiger partial charge in [0, 0.05) is 32.8 Å². The third-order valence-corrected chi connectivity index (χ3v) is 3.42. The van der Waals surface area contributed by atoms with Gasteiger partial charge < -0.3 is 19.6 Å². The van der Waals surface area contributed by atoms with E-state index in [2.05, 4.69) is 0 Å². The molecule has 1 saturated heterocycles. The molecule has 0 aromatic heterocycles. The molecule has 110 valence electrons. The first-order valence-electron chi connectivity index (χ1n) is 6.80. The first-order valence-corrected chi connectivity index (χ1v) is 6.80. The van der Waals surface area contributed by atoms with Crippen LogP contribution < -0.4 is 0 Å². The summed E-state index contributed by atoms with van der Waals surface area (Å²) in [7, 11) is 1.74. The molecule has 1 rings (SSSR count). The lowest BCUT2D eigenvalue weighted by atomic mass is 10.2. The fourth-order valence-corrected chi connectivity index (χ4v) is 2.39. The minimum absolute atomic E-state index is 0.0344. The molecule has 2 atom stereocenters. The Morgan fingerprint density at radius 3 is 2.63 bits per heavy atom. The molecular formula is C13H24N2O4. The van der Waals surface area contributed by atoms with Crippen LogP contribution in [0.1, 0.15) is 33.1 Å². The van der Waals surface area contributed by atoms with Crippen molar-refractivity contribution >= 4 is 12.0 Å². The molecule has 0 saturated carbocycles. The van der Waals surface area contributed by atoms with E-state index in [-0.39, 0.29) is 24.6 Å². The fraction of sp³-hybridized carbons (Fsp3) is 0.846. The van der Waals surface area contributed by atoms with Crippen LogP contribution in [0.3, 0.4) is 0 Å². The number of rotatable bonds is 6. The van der Waals surface area contributed by atoms with Crippen LogP contribution in [0, 0.1) is 0 Å². The average Bonchev–Trinajstić information content (AvgIpc) is 2.81. The van der Waals surface area contributed by atoms with Crippen molar-refractivity contribution in [1.29, 1.82) is 0 Å². The number of carboxylic acids is 1. The molecule has 0 radical (unpaired) electrons. The van der Waals surface area contributed by atoms with Gasteiger partial charge in [-0.05, 0) is 26.7 Å². The summed E-state index contributed by atoms with van der Waals surface area (Å²) in [6, 6.07) is -0.436. The summed E-state index contributed by atoms with van der Waals surface area (Å²) in [6.45, 7) is 5.45. The zero-order chi connectivity index (χ0) is 14.4. The maximum absolute atomic E-state index is 12.3. The monoisotopic (exact) mass is 272 g/mol. The third kappa shape index (κ3) is 4.70. The van der Waals surface area contributed by atoms with E-state index < -0.39 is 5.97 Å². The maximum atomic E-state index is 12.3. The largest absolute Gasteiger partial charge is 0.481 e. The Morgan fingerprint density at radius 1 is 1.47 bits per heavy atom. The molecule has 6 heteroatoms. The Balaban J connectivity index is 2.53. The van der Waals surface area contributed by atoms with Crippen molar-refractivity contribution in [2.24, 2.45) is 0 Å². The Kier molecular flexibility index (Phi) is 6.08. The van der Waals surface area contributed by atoms with E-state index in [1.165, 1.54) is 0 Å². The van der Waals surface area contributed by atoms with E-state index in [0.717, 1.165) is 19.4 Å². The van der Waals surface area contributed by atoms with Gasteiger partial charge in [-0.2, -0.15) is 0 Å². The highest BCUT2D eigenvalue weighted by Gasteiger charge is 2.26. The molecule has 1 N–H and O–H groups in total. The van der Waals surface area contributed by atoms with Gasteiger partial charge in [-0.25, -0.2) is 4.79 Å². The quantitative estimate of drug-likeness (QED) is 0.793. The molecule has 19 heavy (non-hydrogen) atoms. The topological polar surface area (TPSA) is 70.1 Å². The number of hydrogen-bond donors (Lipinski definition) is 1. The molecule has 0 bridgehead atoms. The molecule has 0 aliphatic carbocycles. The number of likely N-dealkylation sites (N-methyl/N-ethyl adjacent to an activating group) is 1. The summed E-state index contributed by atoms with van der Waals surface area (Å²) in [6.07, 6.45) is 2.10. The molecule has 6 nitrogen and oxygen atoms in total. The zero-order valence-electron chi connectivity index (χ0n) is 12.0. The molecule has 0 aromatic rings. The lowest BCUT2D eigenvalue weighted by Crippen LogP contribution is -2.48. The molecule has 1 aliphatic rings. The minimum Gasteiger partial charge on any atom is -0.481 e. The molecule has 2 unspecified atom stereocenters. The van der Waals surface area contributed by atoms with Crippen molar-refractivity contribution in [3.8, 4) is 0 Å². The van der Waals surface area contributed by atoms with Crippen LogP contribution in [0.2, 0.25) is 0 Å². The van der Waals surface area contributed by atoms with Crippen LogP contribution in [0.5, 0.6) is 0 Å². The van der Waals surface area contributed by atoms with Gasteiger partial charge in [-0.15, -0.1) is 0 Å². The van der Waals surface area contributed by atoms with Crippen molar-refractivity contribution in [1.82, 2.24) is 9.80 Å². The Bertz CT molecular complexity index is 316. The zero-order valence-corrected chi connectivity index (χ0v) is 12.0. The molecule has 0 aromatic carbocycles. The van der Waals surface area contributed by atoms with Crippen molar-refractivity contribution in [3.05, 3.63) is 0 Å². The predicted octanol–water partition coefficient (Wildman–Crippen LogP) is 1.40. The number of carbonyl (C=O) groups excluding carboxylic acids is 1. The molecule has 1 heterocycles. The van der Waals surface area contributed by atoms with Crippen molar-refractivity contribution in [3.63, 3.8) is 0 Å². The van der Waals surface area contributed by atoms with E-state index in [0.29, 0.717) is 13.1 Å². The first kappa shape index (κ1) is 15.8. The summed E-state index contributed by atoms with van der Waals surface area (Å²) < 4.78 is 5.51. The van der Waals surface area contributed by atoms with E-state index in [1.54, 1.807) is 23.8 Å². The van der Waals surface area contributed by atoms with Crippen LogP contribution in [0.4, 0.5) is 4.79 Å². The molecular weight excluding hydrogens is 248 g/mol. The number of nitrogens with zero attached hydrogens (tertiary/aromatic N) is 2. The highest BCUT2D eigenvalue weighted by Crippen LogP contribution is 2.14. The van der Waals surface area contributed by atoms with Gasteiger partial charge in [0.2, 0.25) is 0 Å². The number of aliphatic carboxylic acids is 1. The van der Waals surface area contributed by atoms with E-state index in [4.69, 9.17) is 9.84 Å². The summed E-state index contributed by atoms with van der Waals surface area (Å²) in [5.41, 5.74) is 0. The predicted molar refractivity (Wildman–Crippen MR) is 71.1 cm³/mol. The van der Waals surface area contributed by atoms with Crippen molar-refractivity contribution < 1.29 is 19.4 Å². The highest BCUT2D eigenvalue weighted by atomic mass is 16.5. The first-order chi connectivity index (χ1) is 8.95. The lowest BCUT2D eigenvalue weighted by molar-refractivity contribution is -0.138. The SMILES string of the molecule is CCN(C(=O)N(C)CC1CCCO1)C(C)CC(=O)O. The standard InChI is InChI=1S/C13H24N2O4/c1-4-15(10(2)8-12(16)17)13(18)14(3)9-11-6-5-7-19-11/h10-11H,4-9H2,1-3H3,(H,16,17). The molecule has 0 spiro atoms. The number of amides is 2. The summed E-state index contributed by atoms with van der Waals surface area (Å²) in [5.74, 6) is -0.888. The Morgan fingerprint density at radius 2 is 2.16 bits per heavy atom. The number of ether oxygens (including phenoxy) is 1. The van der Waals surface area contributed by atoms with Gasteiger partial charge >= 0.3 is 12.0 Å². The summed E-state index contributed by atoms with van der Waals surface area (Å²) in [5, 5.41) is 8.81. The Hall–Kier alpha value is -1.30. The second-order valence-electron chi connectivity index (χ2n) is 5.03. The fourth-order valence-electron chi connectivity index (χ4n) is 2.39. The number of hydrogen-bond acceptors (Lipinski definition) is 3. The van der Waals surface area contributed by atoms with Crippen molar-refractivity contribution in [2.75, 3.05) is 26.7 Å². The van der Waals surface area contributed by atoms with Crippen LogP contribution in [-0.4, -0.2) is 65.8 Å². The van der Waals surface area contributed by atoms with Crippen LogP contribution in [0.25, 0.3) is 0 Å². The van der Waals surface area contributed by atoms with Crippen LogP contribution in [-0.2, 0) is 9.53 Å². The second-order valence-corrected chi connectivity index (χ2v) is 5.03. The summed E-state index contributed by atoms with van der Waals surface area (Å²) in [4.78, 5) is 26.2. The molecule has 1 aliphatic heterocycles. The number of carboxylic acid groups (broad SMARTS) is 1. The molecule has 2 amide bonds. The van der Waals surface area contributed by atoms with Crippen molar-refractivity contribution in [2.45, 2.75) is 45.3 Å².